The van der Waals surface area contributed by atoms with Crippen molar-refractivity contribution < 1.29 is 13.9 Å². The molecule has 5 nitrogen and oxygen atoms in total. The van der Waals surface area contributed by atoms with E-state index in [1.165, 1.54) is 18.2 Å². The van der Waals surface area contributed by atoms with Crippen LogP contribution in [0, 0.1) is 5.82 Å². The van der Waals surface area contributed by atoms with Crippen molar-refractivity contribution in [3.05, 3.63) is 81.9 Å². The van der Waals surface area contributed by atoms with Gasteiger partial charge in [0.2, 0.25) is 5.56 Å². The summed E-state index contributed by atoms with van der Waals surface area (Å²) < 4.78 is 18.9. The van der Waals surface area contributed by atoms with Crippen molar-refractivity contribution in [2.45, 2.75) is 18.3 Å². The molecule has 0 spiro atoms. The number of H-pyrrole nitrogens is 1. The number of hydrogen-bond donors (Lipinski definition) is 2. The Morgan fingerprint density at radius 3 is 2.57 bits per heavy atom. The number of fused-ring (bicyclic) bond motifs is 1. The van der Waals surface area contributed by atoms with Crippen LogP contribution in [0.25, 0.3) is 10.9 Å². The van der Waals surface area contributed by atoms with Gasteiger partial charge in [0.05, 0.1) is 5.56 Å². The van der Waals surface area contributed by atoms with Crippen molar-refractivity contribution in [1.82, 2.24) is 10.3 Å². The van der Waals surface area contributed by atoms with Gasteiger partial charge in [0.15, 0.2) is 0 Å². The normalized spacial score (nSPS) is 16.0. The number of nitrogens with one attached hydrogen (secondary N) is 2. The molecule has 144 valence electrons. The number of pyridine rings is 1. The van der Waals surface area contributed by atoms with Gasteiger partial charge in [-0.15, -0.1) is 0 Å². The summed E-state index contributed by atoms with van der Waals surface area (Å²) in [6, 6.07) is 15.0. The molecule has 2 N–H and O–H groups in total. The van der Waals surface area contributed by atoms with Gasteiger partial charge in [0.25, 0.3) is 5.91 Å². The molecule has 0 atom stereocenters. The molecule has 1 aromatic heterocycles. The average molecular weight is 380 g/mol. The van der Waals surface area contributed by atoms with E-state index in [0.717, 1.165) is 18.4 Å². The van der Waals surface area contributed by atoms with Gasteiger partial charge in [-0.05, 0) is 36.6 Å². The number of aromatic amines is 1. The minimum absolute atomic E-state index is 0.287. The Kier molecular flexibility index (Phi) is 4.96. The van der Waals surface area contributed by atoms with Crippen LogP contribution in [0.3, 0.4) is 0 Å². The zero-order chi connectivity index (χ0) is 19.6. The summed E-state index contributed by atoms with van der Waals surface area (Å²) in [6.07, 6.45) is 1.46. The first-order valence-corrected chi connectivity index (χ1v) is 9.31. The number of aromatic nitrogens is 1. The third-order valence-corrected chi connectivity index (χ3v) is 5.49. The second-order valence-electron chi connectivity index (χ2n) is 7.18. The second kappa shape index (κ2) is 7.56. The quantitative estimate of drug-likeness (QED) is 0.730. The summed E-state index contributed by atoms with van der Waals surface area (Å²) in [6.45, 7) is 1.56. The van der Waals surface area contributed by atoms with E-state index in [9.17, 15) is 14.0 Å². The van der Waals surface area contributed by atoms with Crippen LogP contribution in [0.5, 0.6) is 0 Å². The van der Waals surface area contributed by atoms with Gasteiger partial charge in [0.1, 0.15) is 5.82 Å². The first-order valence-electron chi connectivity index (χ1n) is 9.31. The van der Waals surface area contributed by atoms with Crippen LogP contribution in [0.4, 0.5) is 4.39 Å². The molecule has 1 fully saturated rings. The van der Waals surface area contributed by atoms with Crippen molar-refractivity contribution in [3.63, 3.8) is 0 Å². The first-order chi connectivity index (χ1) is 13.6. The van der Waals surface area contributed by atoms with Gasteiger partial charge < -0.3 is 15.0 Å². The van der Waals surface area contributed by atoms with Crippen LogP contribution in [0.1, 0.15) is 28.8 Å². The first kappa shape index (κ1) is 18.4. The number of benzene rings is 2. The minimum Gasteiger partial charge on any atom is -0.381 e. The van der Waals surface area contributed by atoms with Crippen molar-refractivity contribution in [1.29, 1.82) is 0 Å². The van der Waals surface area contributed by atoms with Gasteiger partial charge >= 0.3 is 0 Å². The number of para-hydroxylation sites is 1. The molecule has 1 aliphatic rings. The second-order valence-corrected chi connectivity index (χ2v) is 7.18. The van der Waals surface area contributed by atoms with E-state index < -0.39 is 0 Å². The number of carbonyl (C=O) groups is 1. The average Bonchev–Trinajstić information content (AvgIpc) is 2.72. The summed E-state index contributed by atoms with van der Waals surface area (Å²) in [7, 11) is 0. The number of hydrogen-bond acceptors (Lipinski definition) is 3. The van der Waals surface area contributed by atoms with Crippen LogP contribution >= 0.6 is 0 Å². The van der Waals surface area contributed by atoms with Crippen molar-refractivity contribution in [2.24, 2.45) is 0 Å². The number of ether oxygens (including phenoxy) is 1. The van der Waals surface area contributed by atoms with Crippen molar-refractivity contribution in [2.75, 3.05) is 19.8 Å². The van der Waals surface area contributed by atoms with E-state index >= 15 is 0 Å². The molecule has 1 aliphatic heterocycles. The fraction of sp³-hybridized carbons (Fsp3) is 0.273. The smallest absolute Gasteiger partial charge is 0.252 e. The molecule has 28 heavy (non-hydrogen) atoms. The Labute approximate surface area is 161 Å². The van der Waals surface area contributed by atoms with Gasteiger partial charge in [-0.3, -0.25) is 9.59 Å². The van der Waals surface area contributed by atoms with E-state index in [4.69, 9.17) is 4.74 Å². The molecule has 1 amide bonds. The van der Waals surface area contributed by atoms with Crippen LogP contribution in [-0.4, -0.2) is 30.6 Å². The highest BCUT2D eigenvalue weighted by Gasteiger charge is 2.35. The minimum atomic E-state index is -0.321. The molecule has 4 rings (SSSR count). The maximum Gasteiger partial charge on any atom is 0.252 e. The fourth-order valence-electron chi connectivity index (χ4n) is 3.87. The SMILES string of the molecule is O=C(NCC1(c2ccc(F)cc2)CCOCC1)c1cc(=O)[nH]c2ccccc12. The van der Waals surface area contributed by atoms with E-state index in [1.54, 1.807) is 18.2 Å². The molecule has 1 saturated heterocycles. The molecule has 0 saturated carbocycles. The van der Waals surface area contributed by atoms with Crippen LogP contribution in [0.15, 0.2) is 59.4 Å². The Morgan fingerprint density at radius 1 is 1.11 bits per heavy atom. The highest BCUT2D eigenvalue weighted by molar-refractivity contribution is 6.05. The van der Waals surface area contributed by atoms with E-state index in [1.807, 2.05) is 18.2 Å². The van der Waals surface area contributed by atoms with Gasteiger partial charge in [-0.1, -0.05) is 30.3 Å². The van der Waals surface area contributed by atoms with Gasteiger partial charge in [-0.25, -0.2) is 4.39 Å². The van der Waals surface area contributed by atoms with Gasteiger partial charge in [0, 0.05) is 42.1 Å². The number of rotatable bonds is 4. The largest absolute Gasteiger partial charge is 0.381 e. The maximum absolute atomic E-state index is 13.4. The lowest BCUT2D eigenvalue weighted by Crippen LogP contribution is -2.44. The summed E-state index contributed by atoms with van der Waals surface area (Å²) in [5, 5.41) is 3.70. The summed E-state index contributed by atoms with van der Waals surface area (Å²) in [5.41, 5.74) is 1.31. The molecule has 0 bridgehead atoms. The third-order valence-electron chi connectivity index (χ3n) is 5.49. The monoisotopic (exact) mass is 380 g/mol. The molecule has 0 unspecified atom stereocenters. The zero-order valence-corrected chi connectivity index (χ0v) is 15.3. The Bertz CT molecular complexity index is 1050. The molecule has 2 heterocycles. The van der Waals surface area contributed by atoms with Crippen LogP contribution in [-0.2, 0) is 10.2 Å². The zero-order valence-electron chi connectivity index (χ0n) is 15.3. The van der Waals surface area contributed by atoms with Crippen LogP contribution in [0.2, 0.25) is 0 Å². The lowest BCUT2D eigenvalue weighted by molar-refractivity contribution is 0.0487. The summed E-state index contributed by atoms with van der Waals surface area (Å²) >= 11 is 0. The third kappa shape index (κ3) is 3.55. The van der Waals surface area contributed by atoms with E-state index in [2.05, 4.69) is 10.3 Å². The number of amides is 1. The molecule has 0 aliphatic carbocycles. The standard InChI is InChI=1S/C22H21FN2O3/c23-16-7-5-15(6-8-16)22(9-11-28-12-10-22)14-24-21(27)18-13-20(26)25-19-4-2-1-3-17(18)19/h1-8,13H,9-12,14H2,(H,24,27)(H,25,26). The predicted octanol–water partition coefficient (Wildman–Crippen LogP) is 3.15. The van der Waals surface area contributed by atoms with E-state index in [0.29, 0.717) is 36.2 Å². The Morgan fingerprint density at radius 2 is 1.82 bits per heavy atom. The number of carbonyl (C=O) groups excluding carboxylic acids is 1. The van der Waals surface area contributed by atoms with Crippen molar-refractivity contribution in [3.8, 4) is 0 Å². The lowest BCUT2D eigenvalue weighted by Gasteiger charge is -2.38. The lowest BCUT2D eigenvalue weighted by atomic mass is 9.74. The molecule has 2 aromatic carbocycles. The van der Waals surface area contributed by atoms with Crippen molar-refractivity contribution >= 4 is 16.8 Å². The fourth-order valence-corrected chi connectivity index (χ4v) is 3.87. The topological polar surface area (TPSA) is 71.2 Å². The Balaban J connectivity index is 1.62. The predicted molar refractivity (Wildman–Crippen MR) is 105 cm³/mol. The highest BCUT2D eigenvalue weighted by atomic mass is 19.1. The van der Waals surface area contributed by atoms with Crippen LogP contribution < -0.4 is 10.9 Å². The van der Waals surface area contributed by atoms with Gasteiger partial charge in [-0.2, -0.15) is 0 Å². The Hall–Kier alpha value is -2.99. The summed E-state index contributed by atoms with van der Waals surface area (Å²) in [4.78, 5) is 27.6. The molecule has 6 heteroatoms. The molecule has 0 radical (unpaired) electrons. The van der Waals surface area contributed by atoms with E-state index in [-0.39, 0.29) is 22.7 Å². The maximum atomic E-state index is 13.4. The number of halogens is 1. The highest BCUT2D eigenvalue weighted by Crippen LogP contribution is 2.34. The molecular weight excluding hydrogens is 359 g/mol. The molecule has 3 aromatic rings. The molecular formula is C22H21FN2O3. The summed E-state index contributed by atoms with van der Waals surface area (Å²) in [5.74, 6) is -0.583.